The van der Waals surface area contributed by atoms with Gasteiger partial charge in [0.2, 0.25) is 10.0 Å². The van der Waals surface area contributed by atoms with Crippen LogP contribution >= 0.6 is 0 Å². The zero-order valence-corrected chi connectivity index (χ0v) is 16.4. The van der Waals surface area contributed by atoms with Gasteiger partial charge in [-0.1, -0.05) is 18.2 Å². The maximum Gasteiger partial charge on any atom is 0.211 e. The Morgan fingerprint density at radius 1 is 1.12 bits per heavy atom. The van der Waals surface area contributed by atoms with Crippen LogP contribution in [0.15, 0.2) is 46.9 Å². The quantitative estimate of drug-likeness (QED) is 0.774. The van der Waals surface area contributed by atoms with Crippen molar-refractivity contribution in [2.24, 2.45) is 0 Å². The molecule has 0 unspecified atom stereocenters. The molecule has 142 valence electrons. The maximum absolute atomic E-state index is 11.5. The normalized spacial score (nSPS) is 19.2. The van der Waals surface area contributed by atoms with Crippen molar-refractivity contribution in [1.29, 1.82) is 0 Å². The van der Waals surface area contributed by atoms with E-state index < -0.39 is 10.0 Å². The average molecular weight is 378 g/mol. The van der Waals surface area contributed by atoms with Crippen LogP contribution in [0.1, 0.15) is 18.4 Å². The first-order valence-corrected chi connectivity index (χ1v) is 10.7. The van der Waals surface area contributed by atoms with Gasteiger partial charge in [-0.05, 0) is 31.2 Å². The molecule has 1 atom stereocenters. The summed E-state index contributed by atoms with van der Waals surface area (Å²) in [5, 5.41) is 0. The molecular weight excluding hydrogens is 350 g/mol. The Morgan fingerprint density at radius 2 is 1.81 bits per heavy atom. The number of anilines is 1. The van der Waals surface area contributed by atoms with Crippen LogP contribution in [0.4, 0.5) is 5.69 Å². The first-order valence-electron chi connectivity index (χ1n) is 8.86. The van der Waals surface area contributed by atoms with E-state index in [9.17, 15) is 8.42 Å². The molecule has 1 saturated heterocycles. The third kappa shape index (κ3) is 4.66. The Kier molecular flexibility index (Phi) is 5.70. The zero-order valence-electron chi connectivity index (χ0n) is 15.6. The van der Waals surface area contributed by atoms with Crippen molar-refractivity contribution in [3.63, 3.8) is 0 Å². The fourth-order valence-electron chi connectivity index (χ4n) is 3.23. The van der Waals surface area contributed by atoms with E-state index in [0.29, 0.717) is 11.8 Å². The number of hydrogen-bond acceptors (Lipinski definition) is 5. The van der Waals surface area contributed by atoms with E-state index in [2.05, 4.69) is 41.0 Å². The molecule has 2 heterocycles. The van der Waals surface area contributed by atoms with E-state index in [1.165, 1.54) is 16.2 Å². The third-order valence-corrected chi connectivity index (χ3v) is 6.17. The van der Waals surface area contributed by atoms with Crippen LogP contribution in [-0.4, -0.2) is 56.6 Å². The first kappa shape index (κ1) is 18.9. The summed E-state index contributed by atoms with van der Waals surface area (Å²) in [6.07, 6.45) is 1.20. The number of hydrogen-bond donors (Lipinski definition) is 0. The predicted molar refractivity (Wildman–Crippen MR) is 104 cm³/mol. The number of rotatable bonds is 6. The minimum absolute atomic E-state index is 0.260. The summed E-state index contributed by atoms with van der Waals surface area (Å²) >= 11 is 0. The van der Waals surface area contributed by atoms with Crippen molar-refractivity contribution in [1.82, 2.24) is 9.21 Å². The molecule has 0 spiro atoms. The van der Waals surface area contributed by atoms with E-state index >= 15 is 0 Å². The molecule has 7 heteroatoms. The van der Waals surface area contributed by atoms with Gasteiger partial charge in [-0.15, -0.1) is 0 Å². The average Bonchev–Trinajstić information content (AvgIpc) is 3.03. The molecule has 0 radical (unpaired) electrons. The molecule has 1 aliphatic rings. The maximum atomic E-state index is 11.5. The van der Waals surface area contributed by atoms with E-state index in [1.807, 2.05) is 18.2 Å². The molecule has 3 rings (SSSR count). The summed E-state index contributed by atoms with van der Waals surface area (Å²) in [5.41, 5.74) is 1.27. The van der Waals surface area contributed by atoms with Crippen molar-refractivity contribution in [2.75, 3.05) is 37.8 Å². The molecule has 1 aromatic carbocycles. The molecule has 2 aromatic rings. The number of nitrogens with zero attached hydrogens (tertiary/aromatic N) is 3. The summed E-state index contributed by atoms with van der Waals surface area (Å²) in [4.78, 5) is 4.82. The fourth-order valence-corrected chi connectivity index (χ4v) is 3.59. The molecule has 0 N–H and O–H groups in total. The van der Waals surface area contributed by atoms with E-state index in [1.54, 1.807) is 7.05 Å². The topological polar surface area (TPSA) is 57.0 Å². The van der Waals surface area contributed by atoms with Crippen molar-refractivity contribution in [2.45, 2.75) is 26.1 Å². The molecule has 0 amide bonds. The van der Waals surface area contributed by atoms with Gasteiger partial charge in [-0.2, -0.15) is 4.31 Å². The largest absolute Gasteiger partial charge is 0.463 e. The standard InChI is InChI=1S/C19H27N3O3S/c1-16-13-22(17-7-5-4-6-8-17)12-11-21(16)15-19-10-9-18(25-19)14-20(2)26(3,23)24/h4-10,16H,11-15H2,1-3H3/t16-/m0/s1. The van der Waals surface area contributed by atoms with Crippen LogP contribution in [0.25, 0.3) is 0 Å². The summed E-state index contributed by atoms with van der Waals surface area (Å²) in [6, 6.07) is 14.7. The highest BCUT2D eigenvalue weighted by atomic mass is 32.2. The Morgan fingerprint density at radius 3 is 2.46 bits per heavy atom. The van der Waals surface area contributed by atoms with Crippen molar-refractivity contribution in [3.05, 3.63) is 54.0 Å². The molecule has 6 nitrogen and oxygen atoms in total. The Balaban J connectivity index is 1.57. The smallest absolute Gasteiger partial charge is 0.211 e. The Hall–Kier alpha value is -1.83. The van der Waals surface area contributed by atoms with Crippen LogP contribution in [0, 0.1) is 0 Å². The number of benzene rings is 1. The van der Waals surface area contributed by atoms with Gasteiger partial charge < -0.3 is 9.32 Å². The molecule has 0 bridgehead atoms. The van der Waals surface area contributed by atoms with Crippen molar-refractivity contribution in [3.8, 4) is 0 Å². The molecular formula is C19H27N3O3S. The highest BCUT2D eigenvalue weighted by molar-refractivity contribution is 7.88. The minimum atomic E-state index is -3.20. The molecule has 0 saturated carbocycles. The van der Waals surface area contributed by atoms with Crippen LogP contribution < -0.4 is 4.90 Å². The van der Waals surface area contributed by atoms with Gasteiger partial charge in [-0.25, -0.2) is 8.42 Å². The summed E-state index contributed by atoms with van der Waals surface area (Å²) in [6.45, 7) is 6.17. The van der Waals surface area contributed by atoms with Gasteiger partial charge in [0.15, 0.2) is 0 Å². The number of sulfonamides is 1. The highest BCUT2D eigenvalue weighted by Gasteiger charge is 2.24. The van der Waals surface area contributed by atoms with Gasteiger partial charge in [0.25, 0.3) is 0 Å². The Bertz CT molecular complexity index is 820. The monoisotopic (exact) mass is 377 g/mol. The fraction of sp³-hybridized carbons (Fsp3) is 0.474. The lowest BCUT2D eigenvalue weighted by Gasteiger charge is -2.40. The van der Waals surface area contributed by atoms with Crippen molar-refractivity contribution >= 4 is 15.7 Å². The highest BCUT2D eigenvalue weighted by Crippen LogP contribution is 2.21. The lowest BCUT2D eigenvalue weighted by Crippen LogP contribution is -2.51. The van der Waals surface area contributed by atoms with Crippen molar-refractivity contribution < 1.29 is 12.8 Å². The summed E-state index contributed by atoms with van der Waals surface area (Å²) in [5.74, 6) is 1.55. The predicted octanol–water partition coefficient (Wildman–Crippen LogP) is 2.38. The van der Waals surface area contributed by atoms with Crippen LogP contribution in [0.2, 0.25) is 0 Å². The minimum Gasteiger partial charge on any atom is -0.463 e. The van der Waals surface area contributed by atoms with Gasteiger partial charge >= 0.3 is 0 Å². The number of furan rings is 1. The van der Waals surface area contributed by atoms with Crippen LogP contribution in [-0.2, 0) is 23.1 Å². The zero-order chi connectivity index (χ0) is 18.7. The SMILES string of the molecule is C[C@H]1CN(c2ccccc2)CCN1Cc1ccc(CN(C)S(C)(=O)=O)o1. The third-order valence-electron chi connectivity index (χ3n) is 4.91. The van der Waals surface area contributed by atoms with E-state index in [-0.39, 0.29) is 6.54 Å². The second-order valence-electron chi connectivity index (χ2n) is 6.99. The molecule has 1 fully saturated rings. The second-order valence-corrected chi connectivity index (χ2v) is 9.08. The summed E-state index contributed by atoms with van der Waals surface area (Å²) in [7, 11) is -1.64. The lowest BCUT2D eigenvalue weighted by molar-refractivity contribution is 0.166. The van der Waals surface area contributed by atoms with Crippen LogP contribution in [0.5, 0.6) is 0 Å². The van der Waals surface area contributed by atoms with Gasteiger partial charge in [0.05, 0.1) is 19.3 Å². The van der Waals surface area contributed by atoms with E-state index in [0.717, 1.165) is 31.9 Å². The number of piperazine rings is 1. The first-order chi connectivity index (χ1) is 12.3. The number of para-hydroxylation sites is 1. The molecule has 1 aromatic heterocycles. The lowest BCUT2D eigenvalue weighted by atomic mass is 10.1. The Labute approximate surface area is 156 Å². The van der Waals surface area contributed by atoms with Gasteiger partial charge in [0.1, 0.15) is 11.5 Å². The van der Waals surface area contributed by atoms with Gasteiger partial charge in [0, 0.05) is 38.4 Å². The molecule has 0 aliphatic carbocycles. The van der Waals surface area contributed by atoms with Crippen LogP contribution in [0.3, 0.4) is 0 Å². The summed E-state index contributed by atoms with van der Waals surface area (Å²) < 4.78 is 30.2. The van der Waals surface area contributed by atoms with Gasteiger partial charge in [-0.3, -0.25) is 4.90 Å². The molecule has 1 aliphatic heterocycles. The second kappa shape index (κ2) is 7.82. The van der Waals surface area contributed by atoms with E-state index in [4.69, 9.17) is 4.42 Å². The molecule has 26 heavy (non-hydrogen) atoms.